The summed E-state index contributed by atoms with van der Waals surface area (Å²) in [5.41, 5.74) is 2.00. The van der Waals surface area contributed by atoms with Crippen molar-refractivity contribution in [3.05, 3.63) is 40.2 Å². The molecule has 1 heterocycles. The maximum absolute atomic E-state index is 13.5. The summed E-state index contributed by atoms with van der Waals surface area (Å²) in [5, 5.41) is 9.80. The molecule has 0 saturated carbocycles. The molecule has 0 aliphatic rings. The van der Waals surface area contributed by atoms with Gasteiger partial charge in [-0.2, -0.15) is 0 Å². The SMILES string of the molecule is Cc1cc(F)cc(-c2nc(CC(C)C)c(C(=O)O)s2)c1. The number of carboxylic acids is 1. The van der Waals surface area contributed by atoms with Crippen molar-refractivity contribution in [2.24, 2.45) is 5.92 Å². The molecule has 0 aliphatic heterocycles. The van der Waals surface area contributed by atoms with Gasteiger partial charge in [-0.25, -0.2) is 14.2 Å². The number of hydrogen-bond acceptors (Lipinski definition) is 3. The number of nitrogens with zero attached hydrogens (tertiary/aromatic N) is 1. The first-order chi connectivity index (χ1) is 9.36. The van der Waals surface area contributed by atoms with E-state index in [1.807, 2.05) is 19.9 Å². The molecule has 3 nitrogen and oxygen atoms in total. The highest BCUT2D eigenvalue weighted by atomic mass is 32.1. The predicted octanol–water partition coefficient (Wildman–Crippen LogP) is 4.15. The maximum Gasteiger partial charge on any atom is 0.347 e. The lowest BCUT2D eigenvalue weighted by Crippen LogP contribution is -2.02. The fourth-order valence-corrected chi connectivity index (χ4v) is 2.95. The first kappa shape index (κ1) is 14.7. The Kier molecular flexibility index (Phi) is 4.18. The molecule has 1 N–H and O–H groups in total. The zero-order valence-electron chi connectivity index (χ0n) is 11.6. The molecule has 1 aromatic heterocycles. The molecule has 0 amide bonds. The number of aromatic nitrogens is 1. The molecule has 0 aliphatic carbocycles. The molecule has 2 aromatic rings. The van der Waals surface area contributed by atoms with Gasteiger partial charge in [-0.1, -0.05) is 13.8 Å². The second kappa shape index (κ2) is 5.71. The predicted molar refractivity (Wildman–Crippen MR) is 77.7 cm³/mol. The van der Waals surface area contributed by atoms with Gasteiger partial charge in [0.15, 0.2) is 0 Å². The van der Waals surface area contributed by atoms with Crippen molar-refractivity contribution in [2.75, 3.05) is 0 Å². The lowest BCUT2D eigenvalue weighted by atomic mass is 10.1. The largest absolute Gasteiger partial charge is 0.477 e. The summed E-state index contributed by atoms with van der Waals surface area (Å²) in [4.78, 5) is 15.9. The molecule has 0 fully saturated rings. The Bertz CT molecular complexity index is 629. The van der Waals surface area contributed by atoms with Crippen molar-refractivity contribution < 1.29 is 14.3 Å². The van der Waals surface area contributed by atoms with E-state index in [0.29, 0.717) is 28.6 Å². The average molecular weight is 293 g/mol. The van der Waals surface area contributed by atoms with Crippen LogP contribution in [0, 0.1) is 18.7 Å². The molecule has 2 rings (SSSR count). The molecule has 5 heteroatoms. The van der Waals surface area contributed by atoms with E-state index >= 15 is 0 Å². The summed E-state index contributed by atoms with van der Waals surface area (Å²) in [7, 11) is 0. The molecule has 1 aromatic carbocycles. The van der Waals surface area contributed by atoms with E-state index in [4.69, 9.17) is 0 Å². The van der Waals surface area contributed by atoms with Crippen molar-refractivity contribution in [1.29, 1.82) is 0 Å². The number of benzene rings is 1. The number of carboxylic acid groups (broad SMARTS) is 1. The van der Waals surface area contributed by atoms with Crippen LogP contribution in [0.1, 0.15) is 34.8 Å². The molecular formula is C15H16FNO2S. The number of carbonyl (C=O) groups is 1. The maximum atomic E-state index is 13.5. The van der Waals surface area contributed by atoms with Gasteiger partial charge in [0.25, 0.3) is 0 Å². The Hall–Kier alpha value is -1.75. The van der Waals surface area contributed by atoms with Gasteiger partial charge in [0.05, 0.1) is 5.69 Å². The molecule has 0 unspecified atom stereocenters. The highest BCUT2D eigenvalue weighted by Crippen LogP contribution is 2.30. The summed E-state index contributed by atoms with van der Waals surface area (Å²) in [5.74, 6) is -0.993. The van der Waals surface area contributed by atoms with Crippen molar-refractivity contribution >= 4 is 17.3 Å². The van der Waals surface area contributed by atoms with Crippen LogP contribution in [0.3, 0.4) is 0 Å². The van der Waals surface area contributed by atoms with Crippen molar-refractivity contribution in [3.63, 3.8) is 0 Å². The molecule has 0 atom stereocenters. The van der Waals surface area contributed by atoms with Gasteiger partial charge in [-0.15, -0.1) is 11.3 Å². The van der Waals surface area contributed by atoms with Crippen LogP contribution in [0.2, 0.25) is 0 Å². The highest BCUT2D eigenvalue weighted by molar-refractivity contribution is 7.17. The topological polar surface area (TPSA) is 50.2 Å². The van der Waals surface area contributed by atoms with E-state index in [2.05, 4.69) is 4.98 Å². The number of hydrogen-bond donors (Lipinski definition) is 1. The van der Waals surface area contributed by atoms with Gasteiger partial charge in [-0.05, 0) is 43.0 Å². The van der Waals surface area contributed by atoms with Crippen LogP contribution in [0.4, 0.5) is 4.39 Å². The Balaban J connectivity index is 2.49. The van der Waals surface area contributed by atoms with Crippen LogP contribution < -0.4 is 0 Å². The molecule has 0 bridgehead atoms. The minimum atomic E-state index is -0.975. The van der Waals surface area contributed by atoms with Gasteiger partial charge >= 0.3 is 5.97 Å². The number of halogens is 1. The molecule has 0 saturated heterocycles. The van der Waals surface area contributed by atoms with Crippen LogP contribution in [-0.2, 0) is 6.42 Å². The monoisotopic (exact) mass is 293 g/mol. The third kappa shape index (κ3) is 3.22. The number of thiazole rings is 1. The zero-order chi connectivity index (χ0) is 14.9. The minimum absolute atomic E-state index is 0.246. The van der Waals surface area contributed by atoms with Gasteiger partial charge in [-0.3, -0.25) is 0 Å². The Morgan fingerprint density at radius 2 is 2.10 bits per heavy atom. The quantitative estimate of drug-likeness (QED) is 0.921. The van der Waals surface area contributed by atoms with E-state index in [9.17, 15) is 14.3 Å². The standard InChI is InChI=1S/C15H16FNO2S/c1-8(2)4-12-13(15(18)19)20-14(17-12)10-5-9(3)6-11(16)7-10/h5-8H,4H2,1-3H3,(H,18,19). The summed E-state index contributed by atoms with van der Waals surface area (Å²) >= 11 is 1.10. The Labute approximate surface area is 121 Å². The second-order valence-electron chi connectivity index (χ2n) is 5.22. The van der Waals surface area contributed by atoms with E-state index in [1.165, 1.54) is 12.1 Å². The molecule has 20 heavy (non-hydrogen) atoms. The third-order valence-electron chi connectivity index (χ3n) is 2.78. The van der Waals surface area contributed by atoms with Crippen molar-refractivity contribution in [3.8, 4) is 10.6 Å². The normalized spacial score (nSPS) is 11.1. The van der Waals surface area contributed by atoms with E-state index in [0.717, 1.165) is 16.9 Å². The van der Waals surface area contributed by atoms with Crippen LogP contribution in [-0.4, -0.2) is 16.1 Å². The fraction of sp³-hybridized carbons (Fsp3) is 0.333. The van der Waals surface area contributed by atoms with E-state index in [1.54, 1.807) is 6.92 Å². The molecule has 0 spiro atoms. The highest BCUT2D eigenvalue weighted by Gasteiger charge is 2.19. The lowest BCUT2D eigenvalue weighted by molar-refractivity contribution is 0.0700. The summed E-state index contributed by atoms with van der Waals surface area (Å²) in [6.07, 6.45) is 0.604. The van der Waals surface area contributed by atoms with Gasteiger partial charge < -0.3 is 5.11 Å². The van der Waals surface area contributed by atoms with Crippen molar-refractivity contribution in [1.82, 2.24) is 4.98 Å². The van der Waals surface area contributed by atoms with Gasteiger partial charge in [0, 0.05) is 5.56 Å². The second-order valence-corrected chi connectivity index (χ2v) is 6.21. The lowest BCUT2D eigenvalue weighted by Gasteiger charge is -2.02. The third-order valence-corrected chi connectivity index (χ3v) is 3.92. The summed E-state index contributed by atoms with van der Waals surface area (Å²) in [6, 6.07) is 4.63. The van der Waals surface area contributed by atoms with Crippen LogP contribution in [0.5, 0.6) is 0 Å². The van der Waals surface area contributed by atoms with Crippen LogP contribution in [0.15, 0.2) is 18.2 Å². The van der Waals surface area contributed by atoms with Crippen molar-refractivity contribution in [2.45, 2.75) is 27.2 Å². The van der Waals surface area contributed by atoms with Gasteiger partial charge in [0.2, 0.25) is 0 Å². The van der Waals surface area contributed by atoms with E-state index < -0.39 is 5.97 Å². The van der Waals surface area contributed by atoms with Gasteiger partial charge in [0.1, 0.15) is 15.7 Å². The van der Waals surface area contributed by atoms with Crippen LogP contribution in [0.25, 0.3) is 10.6 Å². The average Bonchev–Trinajstić information content (AvgIpc) is 2.70. The first-order valence-electron chi connectivity index (χ1n) is 6.37. The smallest absolute Gasteiger partial charge is 0.347 e. The Morgan fingerprint density at radius 3 is 2.65 bits per heavy atom. The molecule has 106 valence electrons. The van der Waals surface area contributed by atoms with Crippen LogP contribution >= 0.6 is 11.3 Å². The zero-order valence-corrected chi connectivity index (χ0v) is 12.4. The molecule has 0 radical (unpaired) electrons. The number of aryl methyl sites for hydroxylation is 1. The molecular weight excluding hydrogens is 277 g/mol. The Morgan fingerprint density at radius 1 is 1.40 bits per heavy atom. The fourth-order valence-electron chi connectivity index (χ4n) is 2.03. The number of aromatic carboxylic acids is 1. The number of rotatable bonds is 4. The summed E-state index contributed by atoms with van der Waals surface area (Å²) < 4.78 is 13.5. The first-order valence-corrected chi connectivity index (χ1v) is 7.19. The summed E-state index contributed by atoms with van der Waals surface area (Å²) in [6.45, 7) is 5.82. The minimum Gasteiger partial charge on any atom is -0.477 e. The van der Waals surface area contributed by atoms with E-state index in [-0.39, 0.29) is 10.7 Å².